The Kier molecular flexibility index (Phi) is 4.67. The molecule has 0 aromatic heterocycles. The van der Waals surface area contributed by atoms with Gasteiger partial charge in [0.2, 0.25) is 0 Å². The molecule has 0 aliphatic heterocycles. The quantitative estimate of drug-likeness (QED) is 0.728. The monoisotopic (exact) mass is 240 g/mol. The zero-order valence-electron chi connectivity index (χ0n) is 10.8. The van der Waals surface area contributed by atoms with E-state index in [4.69, 9.17) is 16.3 Å². The predicted molar refractivity (Wildman–Crippen MR) is 70.5 cm³/mol. The van der Waals surface area contributed by atoms with Crippen molar-refractivity contribution in [3.8, 4) is 5.75 Å². The predicted octanol–water partition coefficient (Wildman–Crippen LogP) is 4.89. The van der Waals surface area contributed by atoms with Crippen LogP contribution in [0.2, 0.25) is 5.02 Å². The van der Waals surface area contributed by atoms with E-state index in [1.165, 1.54) is 5.56 Å². The molecule has 0 fully saturated rings. The summed E-state index contributed by atoms with van der Waals surface area (Å²) < 4.78 is 5.87. The van der Waals surface area contributed by atoms with Gasteiger partial charge in [-0.3, -0.25) is 0 Å². The second kappa shape index (κ2) is 5.58. The van der Waals surface area contributed by atoms with E-state index in [-0.39, 0.29) is 6.10 Å². The van der Waals surface area contributed by atoms with E-state index in [0.29, 0.717) is 16.9 Å². The van der Waals surface area contributed by atoms with Gasteiger partial charge in [0.1, 0.15) is 5.75 Å². The number of ether oxygens (including phenoxy) is 1. The summed E-state index contributed by atoms with van der Waals surface area (Å²) in [6, 6.07) is 6.02. The van der Waals surface area contributed by atoms with Crippen molar-refractivity contribution >= 4 is 11.6 Å². The Morgan fingerprint density at radius 1 is 1.06 bits per heavy atom. The highest BCUT2D eigenvalue weighted by Gasteiger charge is 2.12. The number of halogens is 1. The zero-order chi connectivity index (χ0) is 12.3. The van der Waals surface area contributed by atoms with Gasteiger partial charge in [0.25, 0.3) is 0 Å². The molecule has 1 aromatic carbocycles. The third kappa shape index (κ3) is 3.41. The fourth-order valence-corrected chi connectivity index (χ4v) is 1.47. The molecule has 0 aliphatic carbocycles. The molecule has 1 aromatic rings. The summed E-state index contributed by atoms with van der Waals surface area (Å²) >= 11 is 6.12. The van der Waals surface area contributed by atoms with Crippen LogP contribution in [0.4, 0.5) is 0 Å². The molecule has 0 bridgehead atoms. The topological polar surface area (TPSA) is 9.23 Å². The molecule has 0 amide bonds. The summed E-state index contributed by atoms with van der Waals surface area (Å²) in [7, 11) is 0. The van der Waals surface area contributed by atoms with Gasteiger partial charge in [-0.25, -0.2) is 0 Å². The smallest absolute Gasteiger partial charge is 0.138 e. The van der Waals surface area contributed by atoms with Crippen LogP contribution in [-0.4, -0.2) is 6.10 Å². The van der Waals surface area contributed by atoms with Gasteiger partial charge in [-0.1, -0.05) is 45.4 Å². The number of rotatable bonds is 4. The fraction of sp³-hybridized carbons (Fsp3) is 0.571. The van der Waals surface area contributed by atoms with Gasteiger partial charge in [0.05, 0.1) is 11.1 Å². The van der Waals surface area contributed by atoms with E-state index in [2.05, 4.69) is 40.7 Å². The summed E-state index contributed by atoms with van der Waals surface area (Å²) in [6.07, 6.45) is 0.180. The van der Waals surface area contributed by atoms with E-state index < -0.39 is 0 Å². The molecule has 0 saturated heterocycles. The fourth-order valence-electron chi connectivity index (χ4n) is 1.31. The third-order valence-corrected chi connectivity index (χ3v) is 3.19. The van der Waals surface area contributed by atoms with Crippen LogP contribution in [0.3, 0.4) is 0 Å². The molecule has 0 unspecified atom stereocenters. The molecular formula is C14H21ClO. The van der Waals surface area contributed by atoms with Crippen molar-refractivity contribution in [3.05, 3.63) is 28.8 Å². The lowest BCUT2D eigenvalue weighted by atomic mass is 10.0. The van der Waals surface area contributed by atoms with Crippen LogP contribution in [0.5, 0.6) is 5.75 Å². The van der Waals surface area contributed by atoms with E-state index in [1.807, 2.05) is 12.1 Å². The summed E-state index contributed by atoms with van der Waals surface area (Å²) in [5.74, 6) is 1.78. The molecular weight excluding hydrogens is 220 g/mol. The number of hydrogen-bond acceptors (Lipinski definition) is 1. The minimum absolute atomic E-state index is 0.180. The van der Waals surface area contributed by atoms with Crippen molar-refractivity contribution in [2.75, 3.05) is 0 Å². The standard InChI is InChI=1S/C14H21ClO/c1-9(2)11(5)16-14-8-12(10(3)4)6-7-13(14)15/h6-11H,1-5H3/t11-/m0/s1. The molecule has 16 heavy (non-hydrogen) atoms. The highest BCUT2D eigenvalue weighted by atomic mass is 35.5. The van der Waals surface area contributed by atoms with Crippen LogP contribution in [0, 0.1) is 5.92 Å². The summed E-state index contributed by atoms with van der Waals surface area (Å²) in [5.41, 5.74) is 1.26. The first kappa shape index (κ1) is 13.4. The van der Waals surface area contributed by atoms with Crippen molar-refractivity contribution in [2.45, 2.75) is 46.6 Å². The average Bonchev–Trinajstić information content (AvgIpc) is 2.20. The van der Waals surface area contributed by atoms with Crippen molar-refractivity contribution < 1.29 is 4.74 Å². The van der Waals surface area contributed by atoms with Gasteiger partial charge in [-0.05, 0) is 36.5 Å². The second-order valence-corrected chi connectivity index (χ2v) is 5.32. The molecule has 1 nitrogen and oxygen atoms in total. The maximum atomic E-state index is 6.12. The van der Waals surface area contributed by atoms with Crippen LogP contribution in [-0.2, 0) is 0 Å². The second-order valence-electron chi connectivity index (χ2n) is 4.91. The first-order valence-corrected chi connectivity index (χ1v) is 6.25. The Bertz CT molecular complexity index is 345. The molecule has 1 rings (SSSR count). The molecule has 0 spiro atoms. The van der Waals surface area contributed by atoms with E-state index in [1.54, 1.807) is 0 Å². The number of benzene rings is 1. The first-order valence-electron chi connectivity index (χ1n) is 5.88. The molecule has 90 valence electrons. The normalized spacial score (nSPS) is 13.2. The van der Waals surface area contributed by atoms with Crippen molar-refractivity contribution in [1.82, 2.24) is 0 Å². The molecule has 1 atom stereocenters. The van der Waals surface area contributed by atoms with Gasteiger partial charge in [-0.2, -0.15) is 0 Å². The third-order valence-electron chi connectivity index (χ3n) is 2.87. The van der Waals surface area contributed by atoms with Crippen LogP contribution >= 0.6 is 11.6 Å². The molecule has 0 radical (unpaired) electrons. The Morgan fingerprint density at radius 3 is 2.19 bits per heavy atom. The molecule has 2 heteroatoms. The first-order chi connectivity index (χ1) is 7.41. The Balaban J connectivity index is 2.90. The summed E-state index contributed by atoms with van der Waals surface area (Å²) in [5, 5.41) is 0.692. The lowest BCUT2D eigenvalue weighted by Gasteiger charge is -2.20. The van der Waals surface area contributed by atoms with Gasteiger partial charge < -0.3 is 4.74 Å². The number of hydrogen-bond donors (Lipinski definition) is 0. The van der Waals surface area contributed by atoms with E-state index >= 15 is 0 Å². The Labute approximate surface area is 104 Å². The van der Waals surface area contributed by atoms with Crippen LogP contribution in [0.1, 0.15) is 46.1 Å². The van der Waals surface area contributed by atoms with Crippen LogP contribution < -0.4 is 4.74 Å². The summed E-state index contributed by atoms with van der Waals surface area (Å²) in [6.45, 7) is 10.7. The molecule has 0 heterocycles. The van der Waals surface area contributed by atoms with Gasteiger partial charge in [0.15, 0.2) is 0 Å². The molecule has 0 N–H and O–H groups in total. The van der Waals surface area contributed by atoms with Gasteiger partial charge >= 0.3 is 0 Å². The largest absolute Gasteiger partial charge is 0.489 e. The lowest BCUT2D eigenvalue weighted by Crippen LogP contribution is -2.18. The van der Waals surface area contributed by atoms with Gasteiger partial charge in [0, 0.05) is 0 Å². The maximum absolute atomic E-state index is 6.12. The molecule has 0 aliphatic rings. The minimum atomic E-state index is 0.180. The summed E-state index contributed by atoms with van der Waals surface area (Å²) in [4.78, 5) is 0. The zero-order valence-corrected chi connectivity index (χ0v) is 11.5. The average molecular weight is 241 g/mol. The van der Waals surface area contributed by atoms with Gasteiger partial charge in [-0.15, -0.1) is 0 Å². The van der Waals surface area contributed by atoms with Crippen molar-refractivity contribution in [3.63, 3.8) is 0 Å². The van der Waals surface area contributed by atoms with E-state index in [9.17, 15) is 0 Å². The van der Waals surface area contributed by atoms with Crippen LogP contribution in [0.25, 0.3) is 0 Å². The van der Waals surface area contributed by atoms with Crippen molar-refractivity contribution in [1.29, 1.82) is 0 Å². The Morgan fingerprint density at radius 2 is 1.69 bits per heavy atom. The Hall–Kier alpha value is -0.690. The highest BCUT2D eigenvalue weighted by molar-refractivity contribution is 6.32. The van der Waals surface area contributed by atoms with E-state index in [0.717, 1.165) is 5.75 Å². The maximum Gasteiger partial charge on any atom is 0.138 e. The van der Waals surface area contributed by atoms with Crippen molar-refractivity contribution in [2.24, 2.45) is 5.92 Å². The minimum Gasteiger partial charge on any atom is -0.489 e. The SMILES string of the molecule is CC(C)c1ccc(Cl)c(O[C@@H](C)C(C)C)c1. The van der Waals surface area contributed by atoms with Crippen LogP contribution in [0.15, 0.2) is 18.2 Å². The highest BCUT2D eigenvalue weighted by Crippen LogP contribution is 2.30. The lowest BCUT2D eigenvalue weighted by molar-refractivity contribution is 0.170. The molecule has 0 saturated carbocycles.